The largest absolute Gasteiger partial charge is 0.453 e. The average Bonchev–Trinajstić information content (AvgIpc) is 3.28. The lowest BCUT2D eigenvalue weighted by Gasteiger charge is -2.04. The quantitative estimate of drug-likeness (QED) is 0.560. The molecule has 0 aliphatic rings. The summed E-state index contributed by atoms with van der Waals surface area (Å²) in [7, 11) is 0. The molecule has 0 fully saturated rings. The summed E-state index contributed by atoms with van der Waals surface area (Å²) in [6.07, 6.45) is 0.216. The molecule has 0 unspecified atom stereocenters. The molecule has 2 aromatic heterocycles. The van der Waals surface area contributed by atoms with Crippen LogP contribution in [0, 0.1) is 0 Å². The molecule has 0 bridgehead atoms. The fourth-order valence-corrected chi connectivity index (χ4v) is 2.88. The van der Waals surface area contributed by atoms with Crippen molar-refractivity contribution in [3.63, 3.8) is 0 Å². The summed E-state index contributed by atoms with van der Waals surface area (Å²) in [6.45, 7) is 0.271. The van der Waals surface area contributed by atoms with E-state index in [0.29, 0.717) is 22.2 Å². The highest BCUT2D eigenvalue weighted by atomic mass is 35.5. The molecule has 130 valence electrons. The predicted molar refractivity (Wildman–Crippen MR) is 98.7 cm³/mol. The van der Waals surface area contributed by atoms with Gasteiger partial charge in [-0.1, -0.05) is 53.2 Å². The van der Waals surface area contributed by atoms with Gasteiger partial charge >= 0.3 is 0 Å². The van der Waals surface area contributed by atoms with Crippen molar-refractivity contribution in [1.82, 2.24) is 10.5 Å². The zero-order valence-electron chi connectivity index (χ0n) is 13.7. The Morgan fingerprint density at radius 2 is 1.85 bits per heavy atom. The number of nitrogens with one attached hydrogen (secondary N) is 1. The van der Waals surface area contributed by atoms with E-state index in [9.17, 15) is 4.79 Å². The SMILES string of the molecule is O=C(Cc1ccccc1Cl)NCc1cc(-c2cc3ccccc3o2)on1. The standard InChI is InChI=1S/C20H15ClN2O3/c21-16-7-3-1-5-13(16)10-20(24)22-12-15-11-19(26-23-15)18-9-14-6-2-4-8-17(14)25-18/h1-9,11H,10,12H2,(H,22,24). The van der Waals surface area contributed by atoms with E-state index in [1.807, 2.05) is 48.5 Å². The molecular weight excluding hydrogens is 352 g/mol. The molecule has 2 aromatic carbocycles. The average molecular weight is 367 g/mol. The summed E-state index contributed by atoms with van der Waals surface area (Å²) in [5, 5.41) is 8.37. The van der Waals surface area contributed by atoms with Crippen LogP contribution in [0.5, 0.6) is 0 Å². The molecule has 0 aliphatic carbocycles. The number of halogens is 1. The Morgan fingerprint density at radius 1 is 1.04 bits per heavy atom. The molecule has 5 nitrogen and oxygen atoms in total. The van der Waals surface area contributed by atoms with Crippen molar-refractivity contribution in [2.45, 2.75) is 13.0 Å². The smallest absolute Gasteiger partial charge is 0.224 e. The summed E-state index contributed by atoms with van der Waals surface area (Å²) < 4.78 is 11.1. The molecule has 0 radical (unpaired) electrons. The van der Waals surface area contributed by atoms with Crippen LogP contribution in [0.2, 0.25) is 5.02 Å². The fourth-order valence-electron chi connectivity index (χ4n) is 2.68. The van der Waals surface area contributed by atoms with E-state index >= 15 is 0 Å². The van der Waals surface area contributed by atoms with E-state index in [4.69, 9.17) is 20.5 Å². The zero-order chi connectivity index (χ0) is 17.9. The van der Waals surface area contributed by atoms with Crippen LogP contribution in [0.25, 0.3) is 22.5 Å². The van der Waals surface area contributed by atoms with Gasteiger partial charge in [0.2, 0.25) is 11.7 Å². The molecule has 4 rings (SSSR count). The summed E-state index contributed by atoms with van der Waals surface area (Å²) in [6, 6.07) is 18.7. The van der Waals surface area contributed by atoms with Gasteiger partial charge in [-0.25, -0.2) is 0 Å². The van der Waals surface area contributed by atoms with Gasteiger partial charge in [-0.05, 0) is 23.8 Å². The lowest BCUT2D eigenvalue weighted by atomic mass is 10.1. The van der Waals surface area contributed by atoms with Crippen LogP contribution in [0.15, 0.2) is 69.6 Å². The highest BCUT2D eigenvalue weighted by Gasteiger charge is 2.13. The van der Waals surface area contributed by atoms with Crippen LogP contribution in [0.3, 0.4) is 0 Å². The van der Waals surface area contributed by atoms with Crippen molar-refractivity contribution in [1.29, 1.82) is 0 Å². The van der Waals surface area contributed by atoms with Crippen molar-refractivity contribution in [2.24, 2.45) is 0 Å². The molecule has 4 aromatic rings. The lowest BCUT2D eigenvalue weighted by Crippen LogP contribution is -2.24. The molecule has 26 heavy (non-hydrogen) atoms. The highest BCUT2D eigenvalue weighted by molar-refractivity contribution is 6.31. The molecule has 0 atom stereocenters. The van der Waals surface area contributed by atoms with Crippen molar-refractivity contribution in [3.05, 3.63) is 76.9 Å². The van der Waals surface area contributed by atoms with Gasteiger partial charge in [0, 0.05) is 16.5 Å². The summed E-state index contributed by atoms with van der Waals surface area (Å²) in [5.41, 5.74) is 2.19. The number of furan rings is 1. The zero-order valence-corrected chi connectivity index (χ0v) is 14.5. The van der Waals surface area contributed by atoms with Crippen LogP contribution < -0.4 is 5.32 Å². The molecule has 0 saturated heterocycles. The van der Waals surface area contributed by atoms with Crippen molar-refractivity contribution < 1.29 is 13.7 Å². The van der Waals surface area contributed by atoms with Crippen LogP contribution in [-0.4, -0.2) is 11.1 Å². The molecule has 6 heteroatoms. The molecule has 0 saturated carbocycles. The highest BCUT2D eigenvalue weighted by Crippen LogP contribution is 2.28. The van der Waals surface area contributed by atoms with Gasteiger partial charge < -0.3 is 14.3 Å². The predicted octanol–water partition coefficient (Wildman–Crippen LogP) is 4.60. The van der Waals surface area contributed by atoms with Crippen molar-refractivity contribution >= 4 is 28.5 Å². The third-order valence-corrected chi connectivity index (χ3v) is 4.37. The normalized spacial score (nSPS) is 11.0. The Labute approximate surface area is 154 Å². The molecule has 2 heterocycles. The number of hydrogen-bond acceptors (Lipinski definition) is 4. The fraction of sp³-hybridized carbons (Fsp3) is 0.100. The van der Waals surface area contributed by atoms with Crippen molar-refractivity contribution in [3.8, 4) is 11.5 Å². The second-order valence-corrected chi connectivity index (χ2v) is 6.28. The number of amides is 1. The monoisotopic (exact) mass is 366 g/mol. The minimum absolute atomic E-state index is 0.133. The third-order valence-electron chi connectivity index (χ3n) is 4.00. The van der Waals surface area contributed by atoms with Gasteiger partial charge in [0.1, 0.15) is 11.3 Å². The first-order chi connectivity index (χ1) is 12.7. The maximum absolute atomic E-state index is 12.1. The van der Waals surface area contributed by atoms with E-state index < -0.39 is 0 Å². The molecule has 1 N–H and O–H groups in total. The lowest BCUT2D eigenvalue weighted by molar-refractivity contribution is -0.120. The minimum atomic E-state index is -0.133. The Hall–Kier alpha value is -3.05. The number of nitrogens with zero attached hydrogens (tertiary/aromatic N) is 1. The van der Waals surface area contributed by atoms with Gasteiger partial charge in [0.25, 0.3) is 0 Å². The Kier molecular flexibility index (Phi) is 4.46. The van der Waals surface area contributed by atoms with Crippen LogP contribution >= 0.6 is 11.6 Å². The van der Waals surface area contributed by atoms with Crippen LogP contribution in [-0.2, 0) is 17.8 Å². The number of carbonyl (C=O) groups excluding carboxylic acids is 1. The number of fused-ring (bicyclic) bond motifs is 1. The van der Waals surface area contributed by atoms with Gasteiger partial charge in [-0.2, -0.15) is 0 Å². The maximum Gasteiger partial charge on any atom is 0.224 e. The first-order valence-electron chi connectivity index (χ1n) is 8.14. The van der Waals surface area contributed by atoms with E-state index in [0.717, 1.165) is 16.5 Å². The molecule has 0 spiro atoms. The van der Waals surface area contributed by atoms with Crippen LogP contribution in [0.1, 0.15) is 11.3 Å². The number of para-hydroxylation sites is 1. The van der Waals surface area contributed by atoms with Gasteiger partial charge in [-0.15, -0.1) is 0 Å². The van der Waals surface area contributed by atoms with Crippen molar-refractivity contribution in [2.75, 3.05) is 0 Å². The molecule has 0 aliphatic heterocycles. The number of rotatable bonds is 5. The van der Waals surface area contributed by atoms with E-state index in [1.54, 1.807) is 12.1 Å². The second kappa shape index (κ2) is 7.06. The minimum Gasteiger partial charge on any atom is -0.453 e. The number of benzene rings is 2. The van der Waals surface area contributed by atoms with Gasteiger partial charge in [0.15, 0.2) is 5.76 Å². The van der Waals surface area contributed by atoms with E-state index in [2.05, 4.69) is 10.5 Å². The number of aromatic nitrogens is 1. The maximum atomic E-state index is 12.1. The topological polar surface area (TPSA) is 68.3 Å². The Morgan fingerprint density at radius 3 is 2.69 bits per heavy atom. The first-order valence-corrected chi connectivity index (χ1v) is 8.51. The number of carbonyl (C=O) groups is 1. The molecular formula is C20H15ClN2O3. The third kappa shape index (κ3) is 3.48. The summed E-state index contributed by atoms with van der Waals surface area (Å²) >= 11 is 6.07. The van der Waals surface area contributed by atoms with Crippen LogP contribution in [0.4, 0.5) is 0 Å². The number of hydrogen-bond donors (Lipinski definition) is 1. The second-order valence-electron chi connectivity index (χ2n) is 5.88. The summed E-state index contributed by atoms with van der Waals surface area (Å²) in [5.74, 6) is 0.996. The van der Waals surface area contributed by atoms with E-state index in [1.165, 1.54) is 0 Å². The first kappa shape index (κ1) is 16.4. The Balaban J connectivity index is 1.40. The molecule has 1 amide bonds. The van der Waals surface area contributed by atoms with E-state index in [-0.39, 0.29) is 18.9 Å². The van der Waals surface area contributed by atoms with Gasteiger partial charge in [0.05, 0.1) is 13.0 Å². The summed E-state index contributed by atoms with van der Waals surface area (Å²) in [4.78, 5) is 12.1. The van der Waals surface area contributed by atoms with Gasteiger partial charge in [-0.3, -0.25) is 4.79 Å². The Bertz CT molecular complexity index is 1030.